The third-order valence-electron chi connectivity index (χ3n) is 14.7. The van der Waals surface area contributed by atoms with E-state index >= 15 is 0 Å². The van der Waals surface area contributed by atoms with Gasteiger partial charge in [0, 0.05) is 51.1 Å². The van der Waals surface area contributed by atoms with Gasteiger partial charge in [0.1, 0.15) is 28.5 Å². The van der Waals surface area contributed by atoms with Crippen molar-refractivity contribution in [2.24, 2.45) is 51.6 Å². The smallest absolute Gasteiger partial charge is 0.335 e. The second kappa shape index (κ2) is 54.4. The molecule has 0 spiro atoms. The van der Waals surface area contributed by atoms with Crippen molar-refractivity contribution in [2.45, 2.75) is 205 Å². The molecule has 0 saturated carbocycles. The molecule has 3 aromatic carbocycles. The molecular formula is C79H124N4O22S3. The average Bonchev–Trinajstić information content (AvgIpc) is 1.62. The summed E-state index contributed by atoms with van der Waals surface area (Å²) >= 11 is 0. The number of aliphatic hydroxyl groups excluding tert-OH is 1. The average molecular weight is 1580 g/mol. The van der Waals surface area contributed by atoms with E-state index in [9.17, 15) is 68.7 Å². The number of hydrogen-bond donors (Lipinski definition) is 7. The van der Waals surface area contributed by atoms with Crippen LogP contribution in [0.25, 0.3) is 0 Å². The number of aliphatic hydroxyl groups is 1. The van der Waals surface area contributed by atoms with Gasteiger partial charge in [0.25, 0.3) is 0 Å². The van der Waals surface area contributed by atoms with Crippen molar-refractivity contribution in [3.8, 4) is 0 Å². The summed E-state index contributed by atoms with van der Waals surface area (Å²) < 4.78 is 72.4. The van der Waals surface area contributed by atoms with Crippen molar-refractivity contribution in [3.63, 3.8) is 0 Å². The number of sulfone groups is 3. The second-order valence-corrected chi connectivity index (χ2v) is 35.5. The van der Waals surface area contributed by atoms with E-state index in [0.29, 0.717) is 83.3 Å². The summed E-state index contributed by atoms with van der Waals surface area (Å²) in [6, 6.07) is 19.6. The number of carboxylic acid groups (broad SMARTS) is 6. The van der Waals surface area contributed by atoms with E-state index in [1.807, 2.05) is 154 Å². The van der Waals surface area contributed by atoms with Crippen LogP contribution in [0.5, 0.6) is 0 Å². The third kappa shape index (κ3) is 51.1. The highest BCUT2D eigenvalue weighted by Crippen LogP contribution is 2.22. The zero-order valence-corrected chi connectivity index (χ0v) is 69.3. The van der Waals surface area contributed by atoms with E-state index in [4.69, 9.17) is 35.4 Å². The number of rotatable bonds is 25. The molecule has 2 fully saturated rings. The van der Waals surface area contributed by atoms with Crippen LogP contribution in [0.1, 0.15) is 212 Å². The highest BCUT2D eigenvalue weighted by atomic mass is 32.2. The van der Waals surface area contributed by atoms with Gasteiger partial charge in [-0.15, -0.1) is 5.10 Å². The minimum Gasteiger partial charge on any atom is -0.480 e. The van der Waals surface area contributed by atoms with Gasteiger partial charge in [0.05, 0.1) is 39.4 Å². The molecule has 2 amide bonds. The lowest BCUT2D eigenvalue weighted by atomic mass is 9.97. The number of likely N-dealkylation sites (tertiary alicyclic amines) is 2. The van der Waals surface area contributed by atoms with Crippen LogP contribution in [-0.4, -0.2) is 198 Å². The van der Waals surface area contributed by atoms with Crippen LogP contribution in [-0.2, 0) is 63.0 Å². The molecule has 0 aromatic heterocycles. The molecule has 26 nitrogen and oxygen atoms in total. The SMILES string of the molecule is CC(C)/C=C/C(=O)N1CCC[C@H]1C(=O)O.CC(C)/C=C/C(=O)N1C[C@H](O)CC1C(=O)O.CC(C)/C=C\C(=O)O.CC(C)CCS(C)(=O)=O.CC(C)COCC(=O)O.CC(C)CS(=O)(=O)C1=NN=CC1.CC(C)c1ccc(C(=O)O)cc1.CC(C)c1ccccc1C(=O)O.Cc1ccc(S(=O)(=O)CCC(C)C)cc1. The van der Waals surface area contributed by atoms with Gasteiger partial charge in [-0.05, 0) is 139 Å². The van der Waals surface area contributed by atoms with Gasteiger partial charge in [-0.2, -0.15) is 5.10 Å². The molecule has 3 heterocycles. The number of amides is 2. The number of allylic oxidation sites excluding steroid dienone is 3. The lowest BCUT2D eigenvalue weighted by Crippen LogP contribution is -2.39. The molecule has 3 aliphatic heterocycles. The fraction of sp³-hybridized carbons (Fsp3) is 0.570. The minimum atomic E-state index is -3.13. The van der Waals surface area contributed by atoms with Gasteiger partial charge in [0.2, 0.25) is 11.8 Å². The number of ether oxygens (including phenoxy) is 1. The van der Waals surface area contributed by atoms with Crippen LogP contribution in [0.2, 0.25) is 0 Å². The first-order valence-electron chi connectivity index (χ1n) is 36.0. The van der Waals surface area contributed by atoms with Crippen molar-refractivity contribution >= 4 is 88.4 Å². The number of aliphatic carboxylic acids is 4. The standard InChI is InChI=1S/C12H18O2S.C11H17NO4.C11H17NO3.2C10H12O2.C7H12N2O2S.C6H12O3.C6H14O2S.C6H10O2/c1-10(2)8-9-15(13,14)12-6-4-11(3)5-7-12;1-7(2)3-4-10(14)12-6-8(13)5-9(12)11(15)16;1-8(2)5-6-10(13)12-7-3-4-9(12)11(14)15;1-7(2)8-3-5-9(6-4-8)10(11)12;1-7(2)8-5-3-4-6-9(8)10(11)12;1-6(2)5-12(10,11)7-3-4-8-9-7;1-5(2)3-9-4-6(7)8;1-6(2)4-5-9(3,7)8;1-5(2)3-4-6(7)8/h4-7,10H,8-9H2,1-3H3;3-4,7-9,13H,5-6H2,1-2H3,(H,15,16);5-6,8-9H,3-4,7H2,1-2H3,(H,14,15);2*3-7H,1-2H3,(H,11,12);4,6H,3,5H2,1-2H3;5H,3-4H2,1-2H3,(H,7,8);6H,4-5H2,1-3H3;3-5H,1-2H3,(H,7,8)/b;4-3+;6-5+;;;;;;4-3-/t;8-,9?;9-;;;;;;/m.10....../s1. The van der Waals surface area contributed by atoms with E-state index in [1.165, 1.54) is 40.0 Å². The Morgan fingerprint density at radius 2 is 1.06 bits per heavy atom. The minimum absolute atomic E-state index is 0.0955. The maximum atomic E-state index is 11.8. The molecule has 3 atom stereocenters. The summed E-state index contributed by atoms with van der Waals surface area (Å²) in [4.78, 5) is 89.0. The summed E-state index contributed by atoms with van der Waals surface area (Å²) in [5, 5.41) is 68.0. The van der Waals surface area contributed by atoms with Crippen molar-refractivity contribution in [1.82, 2.24) is 9.80 Å². The van der Waals surface area contributed by atoms with Gasteiger partial charge in [-0.25, -0.2) is 54.0 Å². The summed E-state index contributed by atoms with van der Waals surface area (Å²) in [7, 11) is -8.93. The molecular weight excluding hydrogens is 1450 g/mol. The van der Waals surface area contributed by atoms with E-state index < -0.39 is 83.5 Å². The van der Waals surface area contributed by atoms with Gasteiger partial charge in [0.15, 0.2) is 24.7 Å². The molecule has 0 radical (unpaired) electrons. The highest BCUT2D eigenvalue weighted by Gasteiger charge is 2.38. The lowest BCUT2D eigenvalue weighted by Gasteiger charge is -2.19. The Labute approximate surface area is 642 Å². The van der Waals surface area contributed by atoms with Gasteiger partial charge in [-0.1, -0.05) is 191 Å². The number of aryl methyl sites for hydroxylation is 1. The summed E-state index contributed by atoms with van der Waals surface area (Å²) in [5.74, 6) is -2.25. The fourth-order valence-electron chi connectivity index (χ4n) is 8.88. The number of carbonyl (C=O) groups is 8. The Morgan fingerprint density at radius 1 is 0.565 bits per heavy atom. The fourth-order valence-corrected chi connectivity index (χ4v) is 12.9. The molecule has 0 aliphatic carbocycles. The molecule has 29 heteroatoms. The first-order chi connectivity index (χ1) is 49.8. The van der Waals surface area contributed by atoms with Crippen molar-refractivity contribution < 1.29 is 104 Å². The Bertz CT molecular complexity index is 3730. The quantitative estimate of drug-likeness (QED) is 0.0387. The molecule has 7 N–H and O–H groups in total. The summed E-state index contributed by atoms with van der Waals surface area (Å²) in [5.41, 5.74) is 3.90. The number of hydrogen-bond acceptors (Lipinski definition) is 18. The maximum absolute atomic E-state index is 11.8. The van der Waals surface area contributed by atoms with Crippen molar-refractivity contribution in [3.05, 3.63) is 137 Å². The van der Waals surface area contributed by atoms with Crippen molar-refractivity contribution in [1.29, 1.82) is 0 Å². The second-order valence-electron chi connectivity index (χ2n) is 29.1. The van der Waals surface area contributed by atoms with Crippen molar-refractivity contribution in [2.75, 3.05) is 49.8 Å². The number of aromatic carboxylic acids is 2. The molecule has 108 heavy (non-hydrogen) atoms. The largest absolute Gasteiger partial charge is 0.480 e. The first kappa shape index (κ1) is 104. The number of β-amino-alcohol motifs (C(OH)–C–C–N with tert-alkyl or cyclic N) is 1. The Kier molecular flexibility index (Phi) is 52.3. The first-order valence-corrected chi connectivity index (χ1v) is 41.4. The lowest BCUT2D eigenvalue weighted by molar-refractivity contribution is -0.146. The maximum Gasteiger partial charge on any atom is 0.335 e. The Hall–Kier alpha value is -8.25. The van der Waals surface area contributed by atoms with Crippen LogP contribution in [0.3, 0.4) is 0 Å². The van der Waals surface area contributed by atoms with Gasteiger partial charge >= 0.3 is 35.8 Å². The Morgan fingerprint density at radius 3 is 1.43 bits per heavy atom. The molecule has 2 saturated heterocycles. The molecule has 6 rings (SSSR count). The molecule has 1 unspecified atom stereocenters. The predicted molar refractivity (Wildman–Crippen MR) is 425 cm³/mol. The van der Waals surface area contributed by atoms with Gasteiger partial charge < -0.3 is 50.3 Å². The normalized spacial score (nSPS) is 15.3. The van der Waals surface area contributed by atoms with Crippen LogP contribution in [0, 0.1) is 48.3 Å². The zero-order valence-electron chi connectivity index (χ0n) is 66.9. The molecule has 3 aromatic rings. The number of benzene rings is 3. The van der Waals surface area contributed by atoms with E-state index in [1.54, 1.807) is 54.6 Å². The summed E-state index contributed by atoms with van der Waals surface area (Å²) in [6.45, 7) is 38.5. The summed E-state index contributed by atoms with van der Waals surface area (Å²) in [6.07, 6.45) is 14.5. The number of nitrogens with zero attached hydrogens (tertiary/aromatic N) is 4. The predicted octanol–water partition coefficient (Wildman–Crippen LogP) is 13.3. The molecule has 0 bridgehead atoms. The third-order valence-corrected chi connectivity index (χ3v) is 19.5. The monoisotopic (exact) mass is 1580 g/mol. The van der Waals surface area contributed by atoms with Crippen LogP contribution >= 0.6 is 0 Å². The van der Waals surface area contributed by atoms with Crippen LogP contribution in [0.4, 0.5) is 0 Å². The van der Waals surface area contributed by atoms with E-state index in [0.717, 1.165) is 36.5 Å². The Balaban J connectivity index is -0.00000116. The van der Waals surface area contributed by atoms with E-state index in [2.05, 4.69) is 24.1 Å². The van der Waals surface area contributed by atoms with Crippen LogP contribution < -0.4 is 0 Å². The topological polar surface area (TPSA) is 421 Å². The number of carboxylic acids is 6. The molecule has 610 valence electrons. The van der Waals surface area contributed by atoms with Gasteiger partial charge in [-0.3, -0.25) is 9.59 Å². The molecule has 3 aliphatic rings. The van der Waals surface area contributed by atoms with Crippen LogP contribution in [0.15, 0.2) is 124 Å². The van der Waals surface area contributed by atoms with E-state index in [-0.39, 0.29) is 65.7 Å². The highest BCUT2D eigenvalue weighted by molar-refractivity contribution is 8.06. The zero-order chi connectivity index (χ0) is 84.0. The number of carbonyl (C=O) groups excluding carboxylic acids is 2.